The first kappa shape index (κ1) is 12.0. The lowest BCUT2D eigenvalue weighted by molar-refractivity contribution is 0.161. The van der Waals surface area contributed by atoms with Crippen LogP contribution in [-0.2, 0) is 4.74 Å². The predicted octanol–water partition coefficient (Wildman–Crippen LogP) is 1.32. The summed E-state index contributed by atoms with van der Waals surface area (Å²) in [6.45, 7) is 0.638. The molecule has 0 atom stereocenters. The second-order valence-corrected chi connectivity index (χ2v) is 3.69. The van der Waals surface area contributed by atoms with E-state index < -0.39 is 6.09 Å². The van der Waals surface area contributed by atoms with Gasteiger partial charge in [0.05, 0.1) is 16.9 Å². The van der Waals surface area contributed by atoms with Crippen LogP contribution in [-0.4, -0.2) is 24.2 Å². The molecule has 0 fully saturated rings. The number of fused-ring (bicyclic) bond motifs is 1. The molecule has 1 aromatic heterocycles. The lowest BCUT2D eigenvalue weighted by atomic mass is 10.1. The van der Waals surface area contributed by atoms with Crippen molar-refractivity contribution in [3.05, 3.63) is 30.5 Å². The van der Waals surface area contributed by atoms with Crippen molar-refractivity contribution in [2.24, 2.45) is 5.73 Å². The number of benzene rings is 1. The zero-order valence-corrected chi connectivity index (χ0v) is 9.72. The zero-order valence-electron chi connectivity index (χ0n) is 9.72. The highest BCUT2D eigenvalue weighted by molar-refractivity contribution is 5.96. The minimum Gasteiger partial charge on any atom is -0.448 e. The normalized spacial score (nSPS) is 10.2. The first-order chi connectivity index (χ1) is 8.68. The smallest absolute Gasteiger partial charge is 0.404 e. The van der Waals surface area contributed by atoms with Gasteiger partial charge in [-0.15, -0.1) is 0 Å². The fourth-order valence-corrected chi connectivity index (χ4v) is 1.67. The van der Waals surface area contributed by atoms with Crippen molar-refractivity contribution in [1.82, 2.24) is 4.98 Å². The Morgan fingerprint density at radius 2 is 2.22 bits per heavy atom. The van der Waals surface area contributed by atoms with Crippen molar-refractivity contribution in [2.75, 3.05) is 24.2 Å². The predicted molar refractivity (Wildman–Crippen MR) is 70.2 cm³/mol. The summed E-state index contributed by atoms with van der Waals surface area (Å²) in [5.41, 5.74) is 13.1. The Balaban J connectivity index is 2.09. The standard InChI is InChI=1S/C12H14N4O2/c13-11-8-2-1-5-15-9(8)3-4-10(11)16-6-7-18-12(14)17/h1-5,16H,6-7,13H2,(H2,14,17). The third-order valence-corrected chi connectivity index (χ3v) is 2.49. The number of amides is 1. The highest BCUT2D eigenvalue weighted by atomic mass is 16.5. The lowest BCUT2D eigenvalue weighted by Crippen LogP contribution is -2.18. The van der Waals surface area contributed by atoms with Crippen LogP contribution < -0.4 is 16.8 Å². The monoisotopic (exact) mass is 246 g/mol. The van der Waals surface area contributed by atoms with Gasteiger partial charge in [-0.3, -0.25) is 4.98 Å². The number of nitrogens with one attached hydrogen (secondary N) is 1. The molecule has 1 aromatic carbocycles. The van der Waals surface area contributed by atoms with Crippen molar-refractivity contribution < 1.29 is 9.53 Å². The van der Waals surface area contributed by atoms with Gasteiger partial charge in [-0.1, -0.05) is 0 Å². The Hall–Kier alpha value is -2.50. The van der Waals surface area contributed by atoms with Crippen LogP contribution in [0.25, 0.3) is 10.9 Å². The zero-order chi connectivity index (χ0) is 13.0. The summed E-state index contributed by atoms with van der Waals surface area (Å²) >= 11 is 0. The molecular weight excluding hydrogens is 232 g/mol. The van der Waals surface area contributed by atoms with Crippen LogP contribution in [0, 0.1) is 0 Å². The molecule has 6 heteroatoms. The number of hydrogen-bond donors (Lipinski definition) is 3. The van der Waals surface area contributed by atoms with E-state index in [4.69, 9.17) is 11.5 Å². The van der Waals surface area contributed by atoms with E-state index in [1.165, 1.54) is 0 Å². The van der Waals surface area contributed by atoms with E-state index >= 15 is 0 Å². The Bertz CT molecular complexity index is 571. The van der Waals surface area contributed by atoms with Crippen molar-refractivity contribution in [3.63, 3.8) is 0 Å². The van der Waals surface area contributed by atoms with Gasteiger partial charge in [0.25, 0.3) is 0 Å². The summed E-state index contributed by atoms with van der Waals surface area (Å²) in [6.07, 6.45) is 0.933. The Kier molecular flexibility index (Phi) is 3.47. The van der Waals surface area contributed by atoms with E-state index in [0.29, 0.717) is 12.2 Å². The minimum atomic E-state index is -0.785. The van der Waals surface area contributed by atoms with Crippen LogP contribution in [0.2, 0.25) is 0 Å². The van der Waals surface area contributed by atoms with E-state index in [1.807, 2.05) is 24.3 Å². The number of pyridine rings is 1. The second-order valence-electron chi connectivity index (χ2n) is 3.69. The fraction of sp³-hybridized carbons (Fsp3) is 0.167. The van der Waals surface area contributed by atoms with Crippen LogP contribution in [0.1, 0.15) is 0 Å². The maximum atomic E-state index is 10.4. The van der Waals surface area contributed by atoms with Gasteiger partial charge in [0, 0.05) is 18.1 Å². The van der Waals surface area contributed by atoms with Gasteiger partial charge >= 0.3 is 6.09 Å². The third kappa shape index (κ3) is 2.60. The average Bonchev–Trinajstić information content (AvgIpc) is 2.37. The molecule has 2 rings (SSSR count). The van der Waals surface area contributed by atoms with Crippen molar-refractivity contribution in [1.29, 1.82) is 0 Å². The summed E-state index contributed by atoms with van der Waals surface area (Å²) in [5, 5.41) is 3.96. The minimum absolute atomic E-state index is 0.194. The summed E-state index contributed by atoms with van der Waals surface area (Å²) in [5.74, 6) is 0. The molecule has 2 aromatic rings. The number of carbonyl (C=O) groups excluding carboxylic acids is 1. The molecule has 0 unspecified atom stereocenters. The molecular formula is C12H14N4O2. The molecule has 0 aliphatic heterocycles. The summed E-state index contributed by atoms with van der Waals surface area (Å²) in [4.78, 5) is 14.6. The average molecular weight is 246 g/mol. The Morgan fingerprint density at radius 3 is 3.00 bits per heavy atom. The van der Waals surface area contributed by atoms with Crippen molar-refractivity contribution in [3.8, 4) is 0 Å². The Morgan fingerprint density at radius 1 is 1.39 bits per heavy atom. The van der Waals surface area contributed by atoms with Crippen molar-refractivity contribution >= 4 is 28.4 Å². The molecule has 5 N–H and O–H groups in total. The van der Waals surface area contributed by atoms with Crippen LogP contribution in [0.4, 0.5) is 16.2 Å². The second kappa shape index (κ2) is 5.22. The molecule has 1 heterocycles. The number of aromatic nitrogens is 1. The SMILES string of the molecule is NC(=O)OCCNc1ccc2ncccc2c1N. The van der Waals surface area contributed by atoms with Crippen LogP contribution in [0.15, 0.2) is 30.5 Å². The van der Waals surface area contributed by atoms with Gasteiger partial charge in [-0.05, 0) is 24.3 Å². The van der Waals surface area contributed by atoms with Gasteiger partial charge in [0.2, 0.25) is 0 Å². The van der Waals surface area contributed by atoms with E-state index in [0.717, 1.165) is 16.6 Å². The summed E-state index contributed by atoms with van der Waals surface area (Å²) in [6, 6.07) is 7.46. The number of carbonyl (C=O) groups is 1. The molecule has 0 saturated heterocycles. The van der Waals surface area contributed by atoms with Crippen LogP contribution in [0.5, 0.6) is 0 Å². The molecule has 0 saturated carbocycles. The van der Waals surface area contributed by atoms with E-state index in [2.05, 4.69) is 15.0 Å². The quantitative estimate of drug-likeness (QED) is 0.557. The first-order valence-corrected chi connectivity index (χ1v) is 5.48. The summed E-state index contributed by atoms with van der Waals surface area (Å²) in [7, 11) is 0. The highest BCUT2D eigenvalue weighted by Gasteiger charge is 2.04. The van der Waals surface area contributed by atoms with E-state index in [-0.39, 0.29) is 6.61 Å². The maximum Gasteiger partial charge on any atom is 0.404 e. The van der Waals surface area contributed by atoms with Gasteiger partial charge < -0.3 is 21.5 Å². The molecule has 18 heavy (non-hydrogen) atoms. The number of rotatable bonds is 4. The van der Waals surface area contributed by atoms with E-state index in [9.17, 15) is 4.79 Å². The highest BCUT2D eigenvalue weighted by Crippen LogP contribution is 2.26. The van der Waals surface area contributed by atoms with Gasteiger partial charge in [-0.25, -0.2) is 4.79 Å². The molecule has 0 aliphatic rings. The molecule has 0 aliphatic carbocycles. The van der Waals surface area contributed by atoms with Gasteiger partial charge in [0.1, 0.15) is 6.61 Å². The summed E-state index contributed by atoms with van der Waals surface area (Å²) < 4.78 is 4.61. The van der Waals surface area contributed by atoms with E-state index in [1.54, 1.807) is 6.20 Å². The molecule has 1 amide bonds. The van der Waals surface area contributed by atoms with Crippen molar-refractivity contribution in [2.45, 2.75) is 0 Å². The van der Waals surface area contributed by atoms with Crippen LogP contribution >= 0.6 is 0 Å². The third-order valence-electron chi connectivity index (χ3n) is 2.49. The molecule has 0 radical (unpaired) electrons. The number of ether oxygens (including phenoxy) is 1. The molecule has 6 nitrogen and oxygen atoms in total. The number of nitrogen functional groups attached to an aromatic ring is 1. The number of primary amides is 1. The maximum absolute atomic E-state index is 10.4. The number of anilines is 2. The molecule has 0 bridgehead atoms. The van der Waals surface area contributed by atoms with Crippen LogP contribution in [0.3, 0.4) is 0 Å². The topological polar surface area (TPSA) is 103 Å². The first-order valence-electron chi connectivity index (χ1n) is 5.48. The number of nitrogens with two attached hydrogens (primary N) is 2. The number of hydrogen-bond acceptors (Lipinski definition) is 5. The fourth-order valence-electron chi connectivity index (χ4n) is 1.67. The Labute approximate surface area is 104 Å². The largest absolute Gasteiger partial charge is 0.448 e. The number of nitrogens with zero attached hydrogens (tertiary/aromatic N) is 1. The van der Waals surface area contributed by atoms with Gasteiger partial charge in [0.15, 0.2) is 0 Å². The lowest BCUT2D eigenvalue weighted by Gasteiger charge is -2.11. The van der Waals surface area contributed by atoms with Gasteiger partial charge in [-0.2, -0.15) is 0 Å². The molecule has 94 valence electrons. The molecule has 0 spiro atoms.